The molecule has 1 rings (SSSR count). The SMILES string of the molecule is CC(=O)Nc1cc(SBr)ccc1SBr. The third-order valence-electron chi connectivity index (χ3n) is 1.43. The number of amides is 1. The van der Waals surface area contributed by atoms with Gasteiger partial charge >= 0.3 is 0 Å². The first kappa shape index (κ1) is 12.4. The fourth-order valence-electron chi connectivity index (χ4n) is 0.912. The van der Waals surface area contributed by atoms with Crippen molar-refractivity contribution in [2.45, 2.75) is 16.7 Å². The van der Waals surface area contributed by atoms with E-state index in [0.29, 0.717) is 0 Å². The van der Waals surface area contributed by atoms with Crippen molar-refractivity contribution in [1.82, 2.24) is 0 Å². The maximum atomic E-state index is 10.9. The molecule has 1 amide bonds. The second-order valence-corrected chi connectivity index (χ2v) is 5.66. The van der Waals surface area contributed by atoms with E-state index < -0.39 is 0 Å². The predicted octanol–water partition coefficient (Wildman–Crippen LogP) is 4.45. The lowest BCUT2D eigenvalue weighted by Gasteiger charge is -2.07. The Morgan fingerprint density at radius 1 is 1.36 bits per heavy atom. The molecule has 0 fully saturated rings. The molecule has 0 heterocycles. The molecule has 0 aliphatic carbocycles. The molecule has 0 aromatic heterocycles. The summed E-state index contributed by atoms with van der Waals surface area (Å²) in [5.74, 6) is -0.0653. The van der Waals surface area contributed by atoms with Crippen LogP contribution in [0.3, 0.4) is 0 Å². The number of hydrogen-bond donors (Lipinski definition) is 1. The van der Waals surface area contributed by atoms with Gasteiger partial charge in [0.05, 0.1) is 5.69 Å². The van der Waals surface area contributed by atoms with Gasteiger partial charge in [0.2, 0.25) is 5.91 Å². The summed E-state index contributed by atoms with van der Waals surface area (Å²) in [5.41, 5.74) is 0.823. The largest absolute Gasteiger partial charge is 0.325 e. The number of hydrogen-bond acceptors (Lipinski definition) is 3. The maximum absolute atomic E-state index is 10.9. The van der Waals surface area contributed by atoms with Crippen LogP contribution in [0.1, 0.15) is 6.92 Å². The molecular weight excluding hydrogens is 350 g/mol. The number of anilines is 1. The van der Waals surface area contributed by atoms with Crippen molar-refractivity contribution in [3.05, 3.63) is 18.2 Å². The quantitative estimate of drug-likeness (QED) is 0.867. The highest BCUT2D eigenvalue weighted by atomic mass is 79.9. The number of halogens is 2. The average Bonchev–Trinajstić information content (AvgIpc) is 2.16. The third-order valence-corrected chi connectivity index (χ3v) is 4.56. The zero-order valence-corrected chi connectivity index (χ0v) is 12.0. The number of rotatable bonds is 3. The van der Waals surface area contributed by atoms with E-state index in [4.69, 9.17) is 0 Å². The summed E-state index contributed by atoms with van der Waals surface area (Å²) in [6, 6.07) is 5.85. The Morgan fingerprint density at radius 3 is 2.57 bits per heavy atom. The Morgan fingerprint density at radius 2 is 2.07 bits per heavy atom. The second-order valence-electron chi connectivity index (χ2n) is 2.49. The van der Waals surface area contributed by atoms with Gasteiger partial charge in [-0.05, 0) is 68.2 Å². The van der Waals surface area contributed by atoms with E-state index in [1.54, 1.807) is 0 Å². The fraction of sp³-hybridized carbons (Fsp3) is 0.125. The van der Waals surface area contributed by atoms with E-state index in [0.717, 1.165) is 15.5 Å². The zero-order valence-electron chi connectivity index (χ0n) is 7.21. The van der Waals surface area contributed by atoms with Crippen LogP contribution >= 0.6 is 50.0 Å². The van der Waals surface area contributed by atoms with Crippen LogP contribution in [0.2, 0.25) is 0 Å². The fourth-order valence-corrected chi connectivity index (χ4v) is 2.96. The highest BCUT2D eigenvalue weighted by molar-refractivity contribution is 9.50. The number of carbonyl (C=O) groups is 1. The van der Waals surface area contributed by atoms with Gasteiger partial charge in [-0.3, -0.25) is 4.79 Å². The van der Waals surface area contributed by atoms with Crippen LogP contribution in [0, 0.1) is 0 Å². The van der Waals surface area contributed by atoms with Crippen molar-refractivity contribution in [2.75, 3.05) is 5.32 Å². The minimum absolute atomic E-state index is 0.0653. The van der Waals surface area contributed by atoms with E-state index >= 15 is 0 Å². The van der Waals surface area contributed by atoms with Crippen LogP contribution in [0.4, 0.5) is 5.69 Å². The van der Waals surface area contributed by atoms with E-state index in [1.165, 1.54) is 27.3 Å². The van der Waals surface area contributed by atoms with Crippen molar-refractivity contribution in [3.8, 4) is 0 Å². The van der Waals surface area contributed by atoms with Crippen molar-refractivity contribution in [3.63, 3.8) is 0 Å². The van der Waals surface area contributed by atoms with E-state index in [2.05, 4.69) is 34.9 Å². The van der Waals surface area contributed by atoms with Crippen molar-refractivity contribution in [1.29, 1.82) is 0 Å². The topological polar surface area (TPSA) is 29.1 Å². The average molecular weight is 357 g/mol. The molecule has 0 atom stereocenters. The molecule has 0 saturated heterocycles. The predicted molar refractivity (Wildman–Crippen MR) is 70.3 cm³/mol. The smallest absolute Gasteiger partial charge is 0.221 e. The summed E-state index contributed by atoms with van der Waals surface area (Å²) in [4.78, 5) is 13.0. The highest BCUT2D eigenvalue weighted by Gasteiger charge is 2.05. The van der Waals surface area contributed by atoms with Crippen LogP contribution in [0.15, 0.2) is 28.0 Å². The molecule has 0 bridgehead atoms. The Bertz CT molecular complexity index is 346. The van der Waals surface area contributed by atoms with Gasteiger partial charge in [0.25, 0.3) is 0 Å². The van der Waals surface area contributed by atoms with Gasteiger partial charge in [0.1, 0.15) is 0 Å². The van der Waals surface area contributed by atoms with Gasteiger partial charge in [0, 0.05) is 16.7 Å². The van der Waals surface area contributed by atoms with Gasteiger partial charge in [-0.15, -0.1) is 0 Å². The molecule has 2 nitrogen and oxygen atoms in total. The number of carbonyl (C=O) groups excluding carboxylic acids is 1. The standard InChI is InChI=1S/C8H7Br2NOS2/c1-5(12)11-7-4-6(13-9)2-3-8(7)14-10/h2-4H,1H3,(H,11,12). The molecule has 76 valence electrons. The molecule has 0 saturated carbocycles. The normalized spacial score (nSPS) is 9.93. The molecule has 0 unspecified atom stereocenters. The van der Waals surface area contributed by atoms with Gasteiger partial charge in [-0.25, -0.2) is 0 Å². The molecule has 0 radical (unpaired) electrons. The zero-order chi connectivity index (χ0) is 10.6. The summed E-state index contributed by atoms with van der Waals surface area (Å²) in [7, 11) is 2.90. The lowest BCUT2D eigenvalue weighted by atomic mass is 10.3. The highest BCUT2D eigenvalue weighted by Crippen LogP contribution is 2.36. The summed E-state index contributed by atoms with van der Waals surface area (Å²) >= 11 is 6.58. The molecule has 1 aromatic rings. The van der Waals surface area contributed by atoms with Crippen LogP contribution in [-0.2, 0) is 4.79 Å². The van der Waals surface area contributed by atoms with Gasteiger partial charge in [-0.2, -0.15) is 0 Å². The van der Waals surface area contributed by atoms with E-state index in [9.17, 15) is 4.79 Å². The molecule has 14 heavy (non-hydrogen) atoms. The van der Waals surface area contributed by atoms with Gasteiger partial charge in [0.15, 0.2) is 0 Å². The third kappa shape index (κ3) is 3.49. The van der Waals surface area contributed by atoms with Crippen LogP contribution in [0.25, 0.3) is 0 Å². The lowest BCUT2D eigenvalue weighted by molar-refractivity contribution is -0.114. The first-order chi connectivity index (χ1) is 6.67. The molecule has 0 aliphatic heterocycles. The van der Waals surface area contributed by atoms with E-state index in [1.807, 2.05) is 18.2 Å². The van der Waals surface area contributed by atoms with Crippen molar-refractivity contribution < 1.29 is 4.79 Å². The molecule has 0 aliphatic rings. The molecule has 6 heteroatoms. The number of nitrogens with one attached hydrogen (secondary N) is 1. The van der Waals surface area contributed by atoms with Crippen molar-refractivity contribution in [2.24, 2.45) is 0 Å². The van der Waals surface area contributed by atoms with E-state index in [-0.39, 0.29) is 5.91 Å². The summed E-state index contributed by atoms with van der Waals surface area (Å²) in [6.07, 6.45) is 0. The monoisotopic (exact) mass is 355 g/mol. The van der Waals surface area contributed by atoms with Gasteiger partial charge < -0.3 is 5.32 Å². The second kappa shape index (κ2) is 6.05. The van der Waals surface area contributed by atoms with Crippen LogP contribution in [-0.4, -0.2) is 5.91 Å². The summed E-state index contributed by atoms with van der Waals surface area (Å²) in [5, 5.41) is 2.78. The Hall–Kier alpha value is 0.350. The lowest BCUT2D eigenvalue weighted by Crippen LogP contribution is -2.06. The maximum Gasteiger partial charge on any atom is 0.221 e. The Balaban J connectivity index is 3.01. The first-order valence-electron chi connectivity index (χ1n) is 3.66. The first-order valence-corrected chi connectivity index (χ1v) is 8.98. The molecular formula is C8H7Br2NOS2. The minimum Gasteiger partial charge on any atom is -0.325 e. The molecule has 1 aromatic carbocycles. The van der Waals surface area contributed by atoms with Crippen LogP contribution < -0.4 is 5.32 Å². The summed E-state index contributed by atoms with van der Waals surface area (Å²) < 4.78 is 0. The van der Waals surface area contributed by atoms with Crippen molar-refractivity contribution >= 4 is 61.6 Å². The molecule has 0 spiro atoms. The Kier molecular flexibility index (Phi) is 5.36. The van der Waals surface area contributed by atoms with Crippen LogP contribution in [0.5, 0.6) is 0 Å². The summed E-state index contributed by atoms with van der Waals surface area (Å²) in [6.45, 7) is 1.50. The Labute approximate surface area is 106 Å². The molecule has 1 N–H and O–H groups in total. The van der Waals surface area contributed by atoms with Gasteiger partial charge in [-0.1, -0.05) is 0 Å². The number of benzene rings is 1. The minimum atomic E-state index is -0.0653.